The summed E-state index contributed by atoms with van der Waals surface area (Å²) in [7, 11) is 0. The summed E-state index contributed by atoms with van der Waals surface area (Å²) in [5.41, 5.74) is 0.517. The summed E-state index contributed by atoms with van der Waals surface area (Å²) in [5.74, 6) is 1.82. The number of hydrogen-bond acceptors (Lipinski definition) is 4. The Morgan fingerprint density at radius 2 is 1.88 bits per heavy atom. The van der Waals surface area contributed by atoms with Crippen molar-refractivity contribution in [3.05, 3.63) is 12.4 Å². The molecule has 1 heterocycles. The topological polar surface area (TPSA) is 49.8 Å². The summed E-state index contributed by atoms with van der Waals surface area (Å²) in [5, 5.41) is 6.64. The SMILES string of the molecule is CCNc1cc(NCC2(CC)CCC2)ncn1. The number of rotatable bonds is 6. The molecule has 0 unspecified atom stereocenters. The maximum atomic E-state index is 4.26. The molecule has 0 spiro atoms. The first-order valence-corrected chi connectivity index (χ1v) is 6.58. The van der Waals surface area contributed by atoms with Gasteiger partial charge in [0.15, 0.2) is 0 Å². The van der Waals surface area contributed by atoms with Crippen molar-refractivity contribution >= 4 is 11.6 Å². The summed E-state index contributed by atoms with van der Waals surface area (Å²) in [6.45, 7) is 6.27. The van der Waals surface area contributed by atoms with E-state index in [0.717, 1.165) is 24.7 Å². The molecule has 1 aromatic heterocycles. The zero-order valence-electron chi connectivity index (χ0n) is 10.8. The first kappa shape index (κ1) is 12.1. The third kappa shape index (κ3) is 2.87. The van der Waals surface area contributed by atoms with Crippen molar-refractivity contribution < 1.29 is 0 Å². The maximum Gasteiger partial charge on any atom is 0.131 e. The van der Waals surface area contributed by atoms with Crippen LogP contribution in [-0.4, -0.2) is 23.1 Å². The Morgan fingerprint density at radius 3 is 2.41 bits per heavy atom. The van der Waals surface area contributed by atoms with Crippen molar-refractivity contribution in [3.63, 3.8) is 0 Å². The van der Waals surface area contributed by atoms with Gasteiger partial charge in [-0.15, -0.1) is 0 Å². The predicted molar refractivity (Wildman–Crippen MR) is 71.3 cm³/mol. The van der Waals surface area contributed by atoms with E-state index in [4.69, 9.17) is 0 Å². The lowest BCUT2D eigenvalue weighted by Gasteiger charge is -2.41. The van der Waals surface area contributed by atoms with Gasteiger partial charge in [-0.2, -0.15) is 0 Å². The minimum absolute atomic E-state index is 0.517. The van der Waals surface area contributed by atoms with E-state index in [-0.39, 0.29) is 0 Å². The quantitative estimate of drug-likeness (QED) is 0.794. The number of anilines is 2. The molecule has 0 aromatic carbocycles. The summed E-state index contributed by atoms with van der Waals surface area (Å²) < 4.78 is 0. The number of hydrogen-bond donors (Lipinski definition) is 2. The lowest BCUT2D eigenvalue weighted by molar-refractivity contribution is 0.145. The molecule has 0 bridgehead atoms. The maximum absolute atomic E-state index is 4.26. The molecule has 1 fully saturated rings. The Labute approximate surface area is 103 Å². The molecule has 1 saturated carbocycles. The molecule has 0 amide bonds. The van der Waals surface area contributed by atoms with Crippen molar-refractivity contribution in [1.82, 2.24) is 9.97 Å². The minimum atomic E-state index is 0.517. The lowest BCUT2D eigenvalue weighted by atomic mass is 9.67. The standard InChI is InChI=1S/C13H22N4/c1-3-13(6-5-7-13)9-15-12-8-11(14-4-2)16-10-17-12/h8,10H,3-7,9H2,1-2H3,(H2,14,15,16,17). The summed E-state index contributed by atoms with van der Waals surface area (Å²) in [6.07, 6.45) is 6.94. The van der Waals surface area contributed by atoms with Crippen LogP contribution in [0.5, 0.6) is 0 Å². The average Bonchev–Trinajstić information content (AvgIpc) is 2.29. The van der Waals surface area contributed by atoms with E-state index < -0.39 is 0 Å². The fraction of sp³-hybridized carbons (Fsp3) is 0.692. The molecule has 1 aliphatic rings. The highest BCUT2D eigenvalue weighted by Crippen LogP contribution is 2.43. The first-order chi connectivity index (χ1) is 8.28. The van der Waals surface area contributed by atoms with Gasteiger partial charge in [0.1, 0.15) is 18.0 Å². The number of aromatic nitrogens is 2. The molecule has 0 aliphatic heterocycles. The minimum Gasteiger partial charge on any atom is -0.370 e. The van der Waals surface area contributed by atoms with E-state index in [0.29, 0.717) is 5.41 Å². The number of nitrogens with zero attached hydrogens (tertiary/aromatic N) is 2. The zero-order valence-corrected chi connectivity index (χ0v) is 10.8. The number of nitrogens with one attached hydrogen (secondary N) is 2. The van der Waals surface area contributed by atoms with Crippen LogP contribution in [-0.2, 0) is 0 Å². The van der Waals surface area contributed by atoms with E-state index >= 15 is 0 Å². The molecule has 1 aliphatic carbocycles. The van der Waals surface area contributed by atoms with Crippen LogP contribution in [0.2, 0.25) is 0 Å². The van der Waals surface area contributed by atoms with Crippen LogP contribution in [0.1, 0.15) is 39.5 Å². The first-order valence-electron chi connectivity index (χ1n) is 6.58. The molecule has 0 radical (unpaired) electrons. The van der Waals surface area contributed by atoms with Gasteiger partial charge in [-0.3, -0.25) is 0 Å². The fourth-order valence-corrected chi connectivity index (χ4v) is 2.34. The van der Waals surface area contributed by atoms with Crippen molar-refractivity contribution in [2.45, 2.75) is 39.5 Å². The van der Waals surface area contributed by atoms with Crippen molar-refractivity contribution in [1.29, 1.82) is 0 Å². The average molecular weight is 234 g/mol. The molecule has 2 rings (SSSR count). The van der Waals surface area contributed by atoms with E-state index in [1.807, 2.05) is 6.07 Å². The van der Waals surface area contributed by atoms with Crippen LogP contribution in [0.25, 0.3) is 0 Å². The van der Waals surface area contributed by atoms with Crippen molar-refractivity contribution in [2.75, 3.05) is 23.7 Å². The van der Waals surface area contributed by atoms with E-state index in [1.54, 1.807) is 6.33 Å². The predicted octanol–water partition coefficient (Wildman–Crippen LogP) is 2.90. The van der Waals surface area contributed by atoms with Gasteiger partial charge in [0.2, 0.25) is 0 Å². The molecule has 0 saturated heterocycles. The normalized spacial score (nSPS) is 17.3. The molecule has 1 aromatic rings. The molecule has 4 heteroatoms. The van der Waals surface area contributed by atoms with E-state index in [9.17, 15) is 0 Å². The van der Waals surface area contributed by atoms with E-state index in [2.05, 4.69) is 34.4 Å². The van der Waals surface area contributed by atoms with Gasteiger partial charge in [-0.25, -0.2) is 9.97 Å². The molecule has 2 N–H and O–H groups in total. The highest BCUT2D eigenvalue weighted by molar-refractivity contribution is 5.46. The second kappa shape index (κ2) is 5.34. The van der Waals surface area contributed by atoms with Gasteiger partial charge in [-0.1, -0.05) is 13.3 Å². The Balaban J connectivity index is 1.92. The van der Waals surface area contributed by atoms with Gasteiger partial charge in [-0.05, 0) is 31.6 Å². The van der Waals surface area contributed by atoms with Gasteiger partial charge in [0.05, 0.1) is 0 Å². The van der Waals surface area contributed by atoms with Crippen LogP contribution in [0, 0.1) is 5.41 Å². The Hall–Kier alpha value is -1.32. The molecular formula is C13H22N4. The lowest BCUT2D eigenvalue weighted by Crippen LogP contribution is -2.36. The molecule has 0 atom stereocenters. The van der Waals surface area contributed by atoms with Crippen LogP contribution >= 0.6 is 0 Å². The van der Waals surface area contributed by atoms with Gasteiger partial charge >= 0.3 is 0 Å². The smallest absolute Gasteiger partial charge is 0.131 e. The largest absolute Gasteiger partial charge is 0.370 e. The fourth-order valence-electron chi connectivity index (χ4n) is 2.34. The third-order valence-electron chi connectivity index (χ3n) is 3.83. The summed E-state index contributed by atoms with van der Waals surface area (Å²) in [6, 6.07) is 1.98. The van der Waals surface area contributed by atoms with Gasteiger partial charge < -0.3 is 10.6 Å². The van der Waals surface area contributed by atoms with Gasteiger partial charge in [0.25, 0.3) is 0 Å². The monoisotopic (exact) mass is 234 g/mol. The van der Waals surface area contributed by atoms with Gasteiger partial charge in [0, 0.05) is 19.2 Å². The Bertz CT molecular complexity index is 355. The van der Waals surface area contributed by atoms with Crippen LogP contribution in [0.15, 0.2) is 12.4 Å². The Kier molecular flexibility index (Phi) is 3.82. The van der Waals surface area contributed by atoms with Crippen LogP contribution in [0.3, 0.4) is 0 Å². The molecule has 4 nitrogen and oxygen atoms in total. The molecule has 94 valence electrons. The third-order valence-corrected chi connectivity index (χ3v) is 3.83. The van der Waals surface area contributed by atoms with Crippen LogP contribution < -0.4 is 10.6 Å². The van der Waals surface area contributed by atoms with Crippen LogP contribution in [0.4, 0.5) is 11.6 Å². The summed E-state index contributed by atoms with van der Waals surface area (Å²) >= 11 is 0. The highest BCUT2D eigenvalue weighted by Gasteiger charge is 2.34. The highest BCUT2D eigenvalue weighted by atomic mass is 15.1. The Morgan fingerprint density at radius 1 is 1.18 bits per heavy atom. The second-order valence-corrected chi connectivity index (χ2v) is 4.88. The van der Waals surface area contributed by atoms with Crippen molar-refractivity contribution in [3.8, 4) is 0 Å². The second-order valence-electron chi connectivity index (χ2n) is 4.88. The molecular weight excluding hydrogens is 212 g/mol. The molecule has 17 heavy (non-hydrogen) atoms. The summed E-state index contributed by atoms with van der Waals surface area (Å²) in [4.78, 5) is 8.42. The van der Waals surface area contributed by atoms with E-state index in [1.165, 1.54) is 25.7 Å². The van der Waals surface area contributed by atoms with Crippen molar-refractivity contribution in [2.24, 2.45) is 5.41 Å². The zero-order chi connectivity index (χ0) is 12.1.